The molecular formula is C5H13NSi. The molecule has 1 aliphatic heterocycles. The molecule has 2 unspecified atom stereocenters. The maximum atomic E-state index is 2.49. The molecule has 0 spiro atoms. The average Bonchev–Trinajstić information content (AvgIpc) is 1.91. The third-order valence-electron chi connectivity index (χ3n) is 2.44. The molecule has 42 valence electrons. The van der Waals surface area contributed by atoms with Gasteiger partial charge in [0.2, 0.25) is 0 Å². The zero-order valence-corrected chi connectivity index (χ0v) is 7.52. The molecule has 0 aromatic rings. The first-order chi connectivity index (χ1) is 3.07. The van der Waals surface area contributed by atoms with Gasteiger partial charge in [-0.15, -0.1) is 0 Å². The first-order valence-corrected chi connectivity index (χ1v) is 3.69. The summed E-state index contributed by atoms with van der Waals surface area (Å²) in [5.74, 6) is 0. The van der Waals surface area contributed by atoms with E-state index in [1.165, 1.54) is 10.4 Å². The van der Waals surface area contributed by atoms with E-state index in [1.807, 2.05) is 0 Å². The standard InChI is InChI=1S/C5H13NSi/c1-4-5(2,3)6(4)7/h4H,1-3,7H3. The van der Waals surface area contributed by atoms with Crippen molar-refractivity contribution in [2.45, 2.75) is 32.4 Å². The minimum Gasteiger partial charge on any atom is -0.322 e. The highest BCUT2D eigenvalue weighted by Gasteiger charge is 2.47. The molecule has 0 aliphatic carbocycles. The van der Waals surface area contributed by atoms with Crippen LogP contribution >= 0.6 is 0 Å². The van der Waals surface area contributed by atoms with Gasteiger partial charge in [-0.2, -0.15) is 0 Å². The molecule has 1 fully saturated rings. The number of nitrogens with zero attached hydrogens (tertiary/aromatic N) is 1. The Morgan fingerprint density at radius 2 is 1.71 bits per heavy atom. The summed E-state index contributed by atoms with van der Waals surface area (Å²) in [7, 11) is 1.24. The molecule has 1 rings (SSSR count). The maximum absolute atomic E-state index is 2.49. The minimum absolute atomic E-state index is 0.562. The number of hydrogen-bond donors (Lipinski definition) is 0. The average molecular weight is 115 g/mol. The largest absolute Gasteiger partial charge is 0.322 e. The lowest BCUT2D eigenvalue weighted by molar-refractivity contribution is 0.649. The zero-order valence-electron chi connectivity index (χ0n) is 5.52. The van der Waals surface area contributed by atoms with Gasteiger partial charge in [-0.25, -0.2) is 0 Å². The summed E-state index contributed by atoms with van der Waals surface area (Å²) in [6, 6.07) is 0.860. The van der Waals surface area contributed by atoms with Crippen molar-refractivity contribution in [3.05, 3.63) is 0 Å². The van der Waals surface area contributed by atoms with Gasteiger partial charge in [0.1, 0.15) is 0 Å². The SMILES string of the molecule is CC1N([SiH3])C1(C)C. The van der Waals surface area contributed by atoms with Crippen LogP contribution in [0.25, 0.3) is 0 Å². The van der Waals surface area contributed by atoms with Crippen molar-refractivity contribution in [1.82, 2.24) is 4.57 Å². The van der Waals surface area contributed by atoms with Gasteiger partial charge in [-0.05, 0) is 20.8 Å². The van der Waals surface area contributed by atoms with E-state index in [4.69, 9.17) is 0 Å². The molecule has 7 heavy (non-hydrogen) atoms. The van der Waals surface area contributed by atoms with Crippen LogP contribution in [0.3, 0.4) is 0 Å². The van der Waals surface area contributed by atoms with Gasteiger partial charge in [0.25, 0.3) is 0 Å². The lowest BCUT2D eigenvalue weighted by atomic mass is 10.2. The Hall–Kier alpha value is 0.177. The smallest absolute Gasteiger partial charge is 0.0796 e. The quantitative estimate of drug-likeness (QED) is 0.311. The molecule has 1 aliphatic rings. The summed E-state index contributed by atoms with van der Waals surface area (Å²) in [5, 5.41) is 0. The fourth-order valence-electron chi connectivity index (χ4n) is 0.907. The van der Waals surface area contributed by atoms with Gasteiger partial charge in [0.05, 0.1) is 10.4 Å². The molecule has 0 radical (unpaired) electrons. The summed E-state index contributed by atoms with van der Waals surface area (Å²) < 4.78 is 2.49. The molecule has 2 atom stereocenters. The number of hydrogen-bond acceptors (Lipinski definition) is 1. The Bertz CT molecular complexity index is 80.1. The zero-order chi connectivity index (χ0) is 5.65. The van der Waals surface area contributed by atoms with Gasteiger partial charge >= 0.3 is 0 Å². The van der Waals surface area contributed by atoms with Crippen LogP contribution in [-0.4, -0.2) is 26.6 Å². The highest BCUT2D eigenvalue weighted by Crippen LogP contribution is 2.36. The second-order valence-electron chi connectivity index (χ2n) is 2.94. The first-order valence-electron chi connectivity index (χ1n) is 2.80. The van der Waals surface area contributed by atoms with Crippen LogP contribution in [0.4, 0.5) is 0 Å². The normalized spacial score (nSPS) is 46.7. The lowest BCUT2D eigenvalue weighted by Gasteiger charge is -1.94. The second-order valence-corrected chi connectivity index (χ2v) is 3.90. The molecule has 0 aromatic carbocycles. The van der Waals surface area contributed by atoms with Crippen LogP contribution in [0.2, 0.25) is 0 Å². The Labute approximate surface area is 48.2 Å². The Kier molecular flexibility index (Phi) is 0.848. The molecule has 0 saturated carbocycles. The van der Waals surface area contributed by atoms with E-state index in [0.29, 0.717) is 5.54 Å². The van der Waals surface area contributed by atoms with E-state index in [0.717, 1.165) is 6.04 Å². The third-order valence-corrected chi connectivity index (χ3v) is 4.37. The first kappa shape index (κ1) is 5.32. The van der Waals surface area contributed by atoms with Crippen LogP contribution in [0, 0.1) is 0 Å². The van der Waals surface area contributed by atoms with Crippen molar-refractivity contribution in [3.8, 4) is 0 Å². The topological polar surface area (TPSA) is 3.01 Å². The molecule has 1 nitrogen and oxygen atoms in total. The van der Waals surface area contributed by atoms with Crippen molar-refractivity contribution >= 4 is 10.4 Å². The van der Waals surface area contributed by atoms with E-state index in [1.54, 1.807) is 0 Å². The molecule has 0 bridgehead atoms. The highest BCUT2D eigenvalue weighted by molar-refractivity contribution is 6.07. The van der Waals surface area contributed by atoms with Crippen LogP contribution in [0.15, 0.2) is 0 Å². The predicted molar refractivity (Wildman–Crippen MR) is 35.3 cm³/mol. The Morgan fingerprint density at radius 1 is 1.57 bits per heavy atom. The Morgan fingerprint density at radius 3 is 1.71 bits per heavy atom. The minimum atomic E-state index is 0.562. The fourth-order valence-corrected chi connectivity index (χ4v) is 1.80. The molecular weight excluding hydrogens is 102 g/mol. The van der Waals surface area contributed by atoms with E-state index >= 15 is 0 Å². The lowest BCUT2D eigenvalue weighted by Crippen LogP contribution is -2.04. The monoisotopic (exact) mass is 115 g/mol. The number of rotatable bonds is 0. The maximum Gasteiger partial charge on any atom is 0.0796 e. The van der Waals surface area contributed by atoms with Crippen LogP contribution in [0.5, 0.6) is 0 Å². The van der Waals surface area contributed by atoms with Crippen LogP contribution < -0.4 is 0 Å². The molecule has 0 aromatic heterocycles. The highest BCUT2D eigenvalue weighted by atomic mass is 28.2. The van der Waals surface area contributed by atoms with Gasteiger partial charge in [0.15, 0.2) is 0 Å². The van der Waals surface area contributed by atoms with Gasteiger partial charge in [-0.1, -0.05) is 0 Å². The summed E-state index contributed by atoms with van der Waals surface area (Å²) in [6.45, 7) is 6.88. The molecule has 0 N–H and O–H groups in total. The van der Waals surface area contributed by atoms with Gasteiger partial charge in [-0.3, -0.25) is 0 Å². The van der Waals surface area contributed by atoms with E-state index in [-0.39, 0.29) is 0 Å². The third kappa shape index (κ3) is 0.536. The summed E-state index contributed by atoms with van der Waals surface area (Å²) in [5.41, 5.74) is 0.562. The van der Waals surface area contributed by atoms with E-state index in [9.17, 15) is 0 Å². The summed E-state index contributed by atoms with van der Waals surface area (Å²) >= 11 is 0. The van der Waals surface area contributed by atoms with Crippen molar-refractivity contribution in [2.75, 3.05) is 0 Å². The molecule has 1 heterocycles. The van der Waals surface area contributed by atoms with Crippen LogP contribution in [-0.2, 0) is 0 Å². The molecule has 1 saturated heterocycles. The molecule has 2 heteroatoms. The van der Waals surface area contributed by atoms with Crippen molar-refractivity contribution in [3.63, 3.8) is 0 Å². The molecule has 0 amide bonds. The van der Waals surface area contributed by atoms with E-state index in [2.05, 4.69) is 25.3 Å². The van der Waals surface area contributed by atoms with Crippen LogP contribution in [0.1, 0.15) is 20.8 Å². The van der Waals surface area contributed by atoms with Gasteiger partial charge in [0, 0.05) is 11.6 Å². The van der Waals surface area contributed by atoms with Crippen molar-refractivity contribution in [1.29, 1.82) is 0 Å². The van der Waals surface area contributed by atoms with Crippen molar-refractivity contribution in [2.24, 2.45) is 0 Å². The second kappa shape index (κ2) is 1.12. The predicted octanol–water partition coefficient (Wildman–Crippen LogP) is -0.250. The summed E-state index contributed by atoms with van der Waals surface area (Å²) in [4.78, 5) is 0. The van der Waals surface area contributed by atoms with Gasteiger partial charge < -0.3 is 4.57 Å². The van der Waals surface area contributed by atoms with Crippen molar-refractivity contribution < 1.29 is 0 Å². The Balaban J connectivity index is 2.52. The summed E-state index contributed by atoms with van der Waals surface area (Å²) in [6.07, 6.45) is 0. The fraction of sp³-hybridized carbons (Fsp3) is 1.00. The van der Waals surface area contributed by atoms with E-state index < -0.39 is 0 Å².